The first-order chi connectivity index (χ1) is 8.48. The van der Waals surface area contributed by atoms with Crippen LogP contribution in [-0.2, 0) is 9.05 Å². The van der Waals surface area contributed by atoms with Gasteiger partial charge in [0.25, 0.3) is 9.05 Å². The zero-order chi connectivity index (χ0) is 13.2. The minimum absolute atomic E-state index is 0.0655. The van der Waals surface area contributed by atoms with Crippen LogP contribution in [0.3, 0.4) is 0 Å². The summed E-state index contributed by atoms with van der Waals surface area (Å²) in [6.45, 7) is 0. The number of nitrogens with zero attached hydrogens (tertiary/aromatic N) is 1. The number of halogens is 1. The Morgan fingerprint density at radius 3 is 2.39 bits per heavy atom. The maximum absolute atomic E-state index is 11.4. The molecule has 0 amide bonds. The molecule has 1 aliphatic rings. The van der Waals surface area contributed by atoms with Gasteiger partial charge in [0.2, 0.25) is 0 Å². The summed E-state index contributed by atoms with van der Waals surface area (Å²) in [6, 6.07) is 11.3. The lowest BCUT2D eigenvalue weighted by atomic mass is 9.93. The molecule has 1 aromatic rings. The van der Waals surface area contributed by atoms with Crippen LogP contribution in [0.5, 0.6) is 0 Å². The second kappa shape index (κ2) is 4.60. The van der Waals surface area contributed by atoms with Crippen LogP contribution in [0.2, 0.25) is 0 Å². The van der Waals surface area contributed by atoms with Crippen LogP contribution < -0.4 is 0 Å². The van der Waals surface area contributed by atoms with Gasteiger partial charge in [-0.25, -0.2) is 8.42 Å². The van der Waals surface area contributed by atoms with Crippen LogP contribution >= 0.6 is 10.7 Å². The van der Waals surface area contributed by atoms with Crippen molar-refractivity contribution in [3.8, 4) is 6.07 Å². The third-order valence-corrected chi connectivity index (χ3v) is 4.98. The van der Waals surface area contributed by atoms with Gasteiger partial charge in [-0.2, -0.15) is 5.26 Å². The Morgan fingerprint density at radius 2 is 1.94 bits per heavy atom. The molecule has 0 aliphatic heterocycles. The van der Waals surface area contributed by atoms with E-state index >= 15 is 0 Å². The van der Waals surface area contributed by atoms with Crippen molar-refractivity contribution in [1.82, 2.24) is 0 Å². The van der Waals surface area contributed by atoms with E-state index in [1.165, 1.54) is 6.08 Å². The molecule has 1 unspecified atom stereocenters. The van der Waals surface area contributed by atoms with Gasteiger partial charge in [0.05, 0.1) is 6.07 Å². The van der Waals surface area contributed by atoms with Gasteiger partial charge < -0.3 is 0 Å². The molecule has 0 bridgehead atoms. The summed E-state index contributed by atoms with van der Waals surface area (Å²) in [4.78, 5) is 0. The third kappa shape index (κ3) is 2.20. The van der Waals surface area contributed by atoms with Crippen molar-refractivity contribution in [2.75, 3.05) is 0 Å². The molecule has 92 valence electrons. The molecule has 0 radical (unpaired) electrons. The van der Waals surface area contributed by atoms with Gasteiger partial charge in [-0.15, -0.1) is 0 Å². The fraction of sp³-hybridized carbons (Fsp3) is 0.154. The first-order valence-electron chi connectivity index (χ1n) is 5.29. The molecule has 0 saturated heterocycles. The number of hydrogen-bond donors (Lipinski definition) is 0. The Bertz CT molecular complexity index is 656. The van der Waals surface area contributed by atoms with Crippen LogP contribution in [0.25, 0.3) is 5.57 Å². The van der Waals surface area contributed by atoms with E-state index in [2.05, 4.69) is 0 Å². The van der Waals surface area contributed by atoms with Gasteiger partial charge in [-0.1, -0.05) is 42.5 Å². The molecule has 3 nitrogen and oxygen atoms in total. The first-order valence-corrected chi connectivity index (χ1v) is 7.60. The van der Waals surface area contributed by atoms with Crippen molar-refractivity contribution in [2.24, 2.45) is 0 Å². The smallest absolute Gasteiger partial charge is 0.210 e. The Labute approximate surface area is 110 Å². The molecule has 0 saturated carbocycles. The van der Waals surface area contributed by atoms with Crippen molar-refractivity contribution in [3.63, 3.8) is 0 Å². The molecule has 0 heterocycles. The fourth-order valence-electron chi connectivity index (χ4n) is 1.78. The number of benzene rings is 1. The molecule has 2 rings (SSSR count). The molecule has 0 N–H and O–H groups in total. The first kappa shape index (κ1) is 12.9. The van der Waals surface area contributed by atoms with E-state index in [1.54, 1.807) is 18.2 Å². The van der Waals surface area contributed by atoms with Gasteiger partial charge in [-0.05, 0) is 17.2 Å². The molecule has 1 aliphatic carbocycles. The van der Waals surface area contributed by atoms with Gasteiger partial charge in [0.15, 0.2) is 4.75 Å². The standard InChI is InChI=1S/C13H10ClNO2S/c14-18(16,17)13(10-15)8-6-12(7-9-13)11-4-2-1-3-5-11/h1-8H,9H2. The number of rotatable bonds is 2. The minimum Gasteiger partial charge on any atom is -0.210 e. The molecule has 18 heavy (non-hydrogen) atoms. The molecule has 1 aromatic carbocycles. The van der Waals surface area contributed by atoms with Gasteiger partial charge in [0.1, 0.15) is 0 Å². The third-order valence-electron chi connectivity index (χ3n) is 2.89. The molecule has 0 spiro atoms. The topological polar surface area (TPSA) is 57.9 Å². The lowest BCUT2D eigenvalue weighted by Gasteiger charge is -2.21. The van der Waals surface area contributed by atoms with Crippen molar-refractivity contribution in [3.05, 3.63) is 54.1 Å². The summed E-state index contributed by atoms with van der Waals surface area (Å²) in [5.41, 5.74) is 1.87. The largest absolute Gasteiger partial charge is 0.255 e. The molecule has 5 heteroatoms. The summed E-state index contributed by atoms with van der Waals surface area (Å²) in [6.07, 6.45) is 4.77. The number of hydrogen-bond acceptors (Lipinski definition) is 3. The predicted molar refractivity (Wildman–Crippen MR) is 71.3 cm³/mol. The normalized spacial score (nSPS) is 23.2. The minimum atomic E-state index is -3.96. The van der Waals surface area contributed by atoms with E-state index in [-0.39, 0.29) is 6.42 Å². The van der Waals surface area contributed by atoms with Crippen LogP contribution in [0.15, 0.2) is 48.6 Å². The fourth-order valence-corrected chi connectivity index (χ4v) is 2.85. The highest BCUT2D eigenvalue weighted by Crippen LogP contribution is 2.34. The molecule has 0 aromatic heterocycles. The van der Waals surface area contributed by atoms with Crippen molar-refractivity contribution in [2.45, 2.75) is 11.2 Å². The van der Waals surface area contributed by atoms with E-state index in [0.29, 0.717) is 0 Å². The van der Waals surface area contributed by atoms with Crippen LogP contribution in [0.4, 0.5) is 0 Å². The quantitative estimate of drug-likeness (QED) is 0.782. The van der Waals surface area contributed by atoms with Crippen molar-refractivity contribution in [1.29, 1.82) is 5.26 Å². The van der Waals surface area contributed by atoms with E-state index in [0.717, 1.165) is 11.1 Å². The monoisotopic (exact) mass is 279 g/mol. The highest BCUT2D eigenvalue weighted by Gasteiger charge is 2.41. The van der Waals surface area contributed by atoms with Gasteiger partial charge >= 0.3 is 0 Å². The van der Waals surface area contributed by atoms with Gasteiger partial charge in [-0.3, -0.25) is 0 Å². The number of nitriles is 1. The number of allylic oxidation sites excluding steroid dienone is 3. The molecule has 0 fully saturated rings. The van der Waals surface area contributed by atoms with Crippen LogP contribution in [0, 0.1) is 11.3 Å². The Kier molecular flexibility index (Phi) is 3.29. The average molecular weight is 280 g/mol. The van der Waals surface area contributed by atoms with Crippen LogP contribution in [-0.4, -0.2) is 13.2 Å². The Morgan fingerprint density at radius 1 is 1.28 bits per heavy atom. The van der Waals surface area contributed by atoms with Gasteiger partial charge in [0, 0.05) is 17.1 Å². The SMILES string of the molecule is N#CC1(S(=O)(=O)Cl)C=CC(c2ccccc2)=CC1. The summed E-state index contributed by atoms with van der Waals surface area (Å²) >= 11 is 0. The second-order valence-electron chi connectivity index (χ2n) is 4.00. The molecular weight excluding hydrogens is 270 g/mol. The zero-order valence-corrected chi connectivity index (χ0v) is 10.9. The summed E-state index contributed by atoms with van der Waals surface area (Å²) in [5, 5.41) is 9.04. The second-order valence-corrected chi connectivity index (χ2v) is 6.83. The van der Waals surface area contributed by atoms with E-state index < -0.39 is 13.8 Å². The van der Waals surface area contributed by atoms with Crippen LogP contribution in [0.1, 0.15) is 12.0 Å². The highest BCUT2D eigenvalue weighted by molar-refractivity contribution is 8.15. The average Bonchev–Trinajstić information content (AvgIpc) is 2.38. The molecular formula is C13H10ClNO2S. The van der Waals surface area contributed by atoms with Crippen molar-refractivity contribution >= 4 is 25.3 Å². The molecule has 1 atom stereocenters. The zero-order valence-electron chi connectivity index (χ0n) is 9.38. The van der Waals surface area contributed by atoms with E-state index in [1.807, 2.05) is 30.3 Å². The Balaban J connectivity index is 2.36. The van der Waals surface area contributed by atoms with E-state index in [9.17, 15) is 8.42 Å². The summed E-state index contributed by atoms with van der Waals surface area (Å²) in [5.74, 6) is 0. The maximum Gasteiger partial charge on any atom is 0.255 e. The lowest BCUT2D eigenvalue weighted by molar-refractivity contribution is 0.590. The highest BCUT2D eigenvalue weighted by atomic mass is 35.7. The predicted octanol–water partition coefficient (Wildman–Crippen LogP) is 2.86. The maximum atomic E-state index is 11.4. The lowest BCUT2D eigenvalue weighted by Crippen LogP contribution is -2.32. The summed E-state index contributed by atoms with van der Waals surface area (Å²) in [7, 11) is 1.37. The van der Waals surface area contributed by atoms with Crippen molar-refractivity contribution < 1.29 is 8.42 Å². The van der Waals surface area contributed by atoms with E-state index in [4.69, 9.17) is 15.9 Å². The Hall–Kier alpha value is -1.57. The summed E-state index contributed by atoms with van der Waals surface area (Å²) < 4.78 is 21.2.